The minimum atomic E-state index is -1.07. The van der Waals surface area contributed by atoms with Crippen LogP contribution >= 0.6 is 0 Å². The lowest BCUT2D eigenvalue weighted by Crippen LogP contribution is -2.53. The first kappa shape index (κ1) is 18.3. The molecule has 1 aromatic carbocycles. The fraction of sp³-hybridized carbons (Fsp3) is 0.278. The second-order valence-corrected chi connectivity index (χ2v) is 6.54. The van der Waals surface area contributed by atoms with Crippen molar-refractivity contribution in [2.24, 2.45) is 5.10 Å². The fourth-order valence-electron chi connectivity index (χ4n) is 2.91. The minimum Gasteiger partial charge on any atom is -0.485 e. The molecule has 1 aliphatic heterocycles. The molecule has 2 aromatic rings. The molecule has 0 amide bonds. The van der Waals surface area contributed by atoms with Gasteiger partial charge in [-0.25, -0.2) is 10.1 Å². The third-order valence-corrected chi connectivity index (χ3v) is 4.26. The molecular formula is C18H17N5O4. The number of nitrogens with zero attached hydrogens (tertiary/aromatic N) is 4. The van der Waals surface area contributed by atoms with Gasteiger partial charge < -0.3 is 15.2 Å². The number of hydrogen-bond acceptors (Lipinski definition) is 6. The zero-order chi connectivity index (χ0) is 19.6. The predicted octanol–water partition coefficient (Wildman–Crippen LogP) is 1.75. The van der Waals surface area contributed by atoms with Crippen LogP contribution in [0.4, 0.5) is 0 Å². The molecule has 2 atom stereocenters. The van der Waals surface area contributed by atoms with E-state index in [2.05, 4.69) is 15.4 Å². The van der Waals surface area contributed by atoms with Gasteiger partial charge in [-0.1, -0.05) is 6.07 Å². The molecule has 2 N–H and O–H groups in total. The Balaban J connectivity index is 2.08. The predicted molar refractivity (Wildman–Crippen MR) is 95.5 cm³/mol. The molecule has 0 spiro atoms. The van der Waals surface area contributed by atoms with Gasteiger partial charge in [0, 0.05) is 11.8 Å². The van der Waals surface area contributed by atoms with Crippen LogP contribution in [0.2, 0.25) is 0 Å². The number of nitriles is 1. The van der Waals surface area contributed by atoms with Crippen LogP contribution in [0, 0.1) is 21.4 Å². The molecule has 0 fully saturated rings. The SMILES string of the molecule is CC1(C)Oc2ccc(C#N)cc2[C@@H](NC(=N[N+](=O)[O-])c2ccccn2)[C@@H]1O. The van der Waals surface area contributed by atoms with Crippen molar-refractivity contribution in [3.8, 4) is 11.8 Å². The van der Waals surface area contributed by atoms with Crippen molar-refractivity contribution in [2.75, 3.05) is 0 Å². The zero-order valence-corrected chi connectivity index (χ0v) is 14.7. The molecule has 0 aliphatic carbocycles. The van der Waals surface area contributed by atoms with E-state index in [1.54, 1.807) is 50.2 Å². The van der Waals surface area contributed by atoms with E-state index in [9.17, 15) is 20.5 Å². The van der Waals surface area contributed by atoms with E-state index >= 15 is 0 Å². The summed E-state index contributed by atoms with van der Waals surface area (Å²) in [5.74, 6) is 0.374. The van der Waals surface area contributed by atoms with E-state index in [0.717, 1.165) is 0 Å². The Labute approximate surface area is 155 Å². The molecule has 2 heterocycles. The molecular weight excluding hydrogens is 350 g/mol. The molecule has 0 bridgehead atoms. The van der Waals surface area contributed by atoms with Gasteiger partial charge in [-0.05, 0) is 44.2 Å². The first-order chi connectivity index (χ1) is 12.8. The summed E-state index contributed by atoms with van der Waals surface area (Å²) < 4.78 is 5.84. The fourth-order valence-corrected chi connectivity index (χ4v) is 2.91. The zero-order valence-electron chi connectivity index (χ0n) is 14.7. The number of hydrazone groups is 1. The summed E-state index contributed by atoms with van der Waals surface area (Å²) in [6.07, 6.45) is 0.415. The van der Waals surface area contributed by atoms with Crippen molar-refractivity contribution in [2.45, 2.75) is 31.6 Å². The molecule has 138 valence electrons. The largest absolute Gasteiger partial charge is 0.485 e. The monoisotopic (exact) mass is 367 g/mol. The Kier molecular flexibility index (Phi) is 4.75. The summed E-state index contributed by atoms with van der Waals surface area (Å²) in [6.45, 7) is 3.41. The highest BCUT2D eigenvalue weighted by Crippen LogP contribution is 2.40. The highest BCUT2D eigenvalue weighted by molar-refractivity contribution is 5.96. The summed E-state index contributed by atoms with van der Waals surface area (Å²) in [5, 5.41) is 36.5. The third-order valence-electron chi connectivity index (χ3n) is 4.26. The number of amidine groups is 1. The van der Waals surface area contributed by atoms with Crippen molar-refractivity contribution in [3.05, 3.63) is 69.5 Å². The van der Waals surface area contributed by atoms with Crippen molar-refractivity contribution in [3.63, 3.8) is 0 Å². The van der Waals surface area contributed by atoms with Gasteiger partial charge in [0.1, 0.15) is 23.1 Å². The normalized spacial score (nSPS) is 20.7. The van der Waals surface area contributed by atoms with Crippen LogP contribution in [0.3, 0.4) is 0 Å². The van der Waals surface area contributed by atoms with Crippen LogP contribution in [0.1, 0.15) is 36.7 Å². The summed E-state index contributed by atoms with van der Waals surface area (Å²) in [7, 11) is 0. The lowest BCUT2D eigenvalue weighted by molar-refractivity contribution is -0.485. The van der Waals surface area contributed by atoms with E-state index in [1.165, 1.54) is 6.20 Å². The smallest absolute Gasteiger partial charge is 0.226 e. The van der Waals surface area contributed by atoms with Crippen molar-refractivity contribution in [1.82, 2.24) is 10.3 Å². The first-order valence-corrected chi connectivity index (χ1v) is 8.14. The standard InChI is InChI=1S/C18H17N5O4/c1-18(2)16(24)15(12-9-11(10-19)6-7-14(12)27-18)21-17(22-23(25)26)13-5-3-4-8-20-13/h3-9,15-16,24H,1-2H3,(H,21,22)/t15-,16+/m1/s1. The molecule has 27 heavy (non-hydrogen) atoms. The van der Waals surface area contributed by atoms with Gasteiger partial charge in [-0.2, -0.15) is 5.26 Å². The Bertz CT molecular complexity index is 937. The van der Waals surface area contributed by atoms with Crippen LogP contribution in [0.25, 0.3) is 0 Å². The maximum atomic E-state index is 11.0. The molecule has 9 nitrogen and oxygen atoms in total. The van der Waals surface area contributed by atoms with Crippen LogP contribution in [0.5, 0.6) is 5.75 Å². The number of aliphatic hydroxyl groups is 1. The second-order valence-electron chi connectivity index (χ2n) is 6.54. The Hall–Kier alpha value is -3.51. The number of aliphatic hydroxyl groups excluding tert-OH is 1. The topological polar surface area (TPSA) is 134 Å². The number of hydrogen-bond donors (Lipinski definition) is 2. The van der Waals surface area contributed by atoms with Gasteiger partial charge in [-0.15, -0.1) is 0 Å². The molecule has 1 aromatic heterocycles. The van der Waals surface area contributed by atoms with E-state index in [4.69, 9.17) is 4.74 Å². The average molecular weight is 367 g/mol. The summed E-state index contributed by atoms with van der Waals surface area (Å²) in [5.41, 5.74) is 0.168. The summed E-state index contributed by atoms with van der Waals surface area (Å²) in [6, 6.07) is 11.0. The van der Waals surface area contributed by atoms with Crippen LogP contribution in [-0.4, -0.2) is 32.7 Å². The lowest BCUT2D eigenvalue weighted by Gasteiger charge is -2.42. The van der Waals surface area contributed by atoms with Gasteiger partial charge in [0.05, 0.1) is 22.8 Å². The number of nitro groups is 1. The van der Waals surface area contributed by atoms with E-state index in [-0.39, 0.29) is 11.5 Å². The molecule has 9 heteroatoms. The molecule has 0 saturated carbocycles. The van der Waals surface area contributed by atoms with Crippen LogP contribution in [0.15, 0.2) is 47.7 Å². The van der Waals surface area contributed by atoms with Crippen molar-refractivity contribution in [1.29, 1.82) is 5.26 Å². The molecule has 0 saturated heterocycles. The van der Waals surface area contributed by atoms with Crippen LogP contribution in [-0.2, 0) is 0 Å². The summed E-state index contributed by atoms with van der Waals surface area (Å²) in [4.78, 5) is 15.1. The number of aromatic nitrogens is 1. The minimum absolute atomic E-state index is 0.101. The number of nitrogens with one attached hydrogen (secondary N) is 1. The number of rotatable bonds is 3. The maximum absolute atomic E-state index is 11.0. The van der Waals surface area contributed by atoms with Gasteiger partial charge >= 0.3 is 0 Å². The molecule has 3 rings (SSSR count). The number of fused-ring (bicyclic) bond motifs is 1. The van der Waals surface area contributed by atoms with Gasteiger partial charge in [0.2, 0.25) is 5.84 Å². The number of pyridine rings is 1. The Morgan fingerprint density at radius 2 is 2.22 bits per heavy atom. The van der Waals surface area contributed by atoms with Crippen molar-refractivity contribution >= 4 is 5.84 Å². The molecule has 0 radical (unpaired) electrons. The quantitative estimate of drug-likeness (QED) is 0.365. The second kappa shape index (κ2) is 7.01. The van der Waals surface area contributed by atoms with Gasteiger partial charge in [0.15, 0.2) is 5.03 Å². The van der Waals surface area contributed by atoms with Gasteiger partial charge in [0.25, 0.3) is 0 Å². The Morgan fingerprint density at radius 1 is 1.44 bits per heavy atom. The van der Waals surface area contributed by atoms with Crippen molar-refractivity contribution < 1.29 is 14.9 Å². The lowest BCUT2D eigenvalue weighted by atomic mass is 9.86. The average Bonchev–Trinajstić information content (AvgIpc) is 2.64. The Morgan fingerprint density at radius 3 is 2.85 bits per heavy atom. The first-order valence-electron chi connectivity index (χ1n) is 8.14. The van der Waals surface area contributed by atoms with Crippen LogP contribution < -0.4 is 10.1 Å². The van der Waals surface area contributed by atoms with Gasteiger partial charge in [-0.3, -0.25) is 4.98 Å². The highest BCUT2D eigenvalue weighted by Gasteiger charge is 2.43. The third kappa shape index (κ3) is 3.70. The molecule has 1 aliphatic rings. The highest BCUT2D eigenvalue weighted by atomic mass is 16.7. The maximum Gasteiger partial charge on any atom is 0.226 e. The van der Waals surface area contributed by atoms with E-state index in [1.807, 2.05) is 6.07 Å². The summed E-state index contributed by atoms with van der Waals surface area (Å²) >= 11 is 0. The molecule has 0 unspecified atom stereocenters. The van der Waals surface area contributed by atoms with E-state index in [0.29, 0.717) is 16.9 Å². The number of benzene rings is 1. The van der Waals surface area contributed by atoms with E-state index < -0.39 is 22.8 Å². The number of ether oxygens (including phenoxy) is 1.